The molecule has 9 heteroatoms. The lowest BCUT2D eigenvalue weighted by molar-refractivity contribution is -0.0498. The Hall–Kier alpha value is -3.36. The molecular weight excluding hydrogens is 332 g/mol. The Balaban J connectivity index is 1.54. The molecule has 0 aliphatic heterocycles. The van der Waals surface area contributed by atoms with Gasteiger partial charge in [0.05, 0.1) is 5.52 Å². The number of halogens is 2. The van der Waals surface area contributed by atoms with Gasteiger partial charge >= 0.3 is 6.61 Å². The molecule has 0 unspecified atom stereocenters. The molecule has 0 atom stereocenters. The van der Waals surface area contributed by atoms with E-state index in [0.29, 0.717) is 11.5 Å². The van der Waals surface area contributed by atoms with Gasteiger partial charge in [0.15, 0.2) is 0 Å². The summed E-state index contributed by atoms with van der Waals surface area (Å²) in [4.78, 5) is 0. The van der Waals surface area contributed by atoms with E-state index >= 15 is 0 Å². The molecule has 126 valence electrons. The van der Waals surface area contributed by atoms with Crippen LogP contribution in [0.4, 0.5) is 8.78 Å². The van der Waals surface area contributed by atoms with Crippen LogP contribution in [-0.2, 0) is 6.54 Å². The van der Waals surface area contributed by atoms with Crippen molar-refractivity contribution in [2.45, 2.75) is 13.2 Å². The zero-order valence-corrected chi connectivity index (χ0v) is 12.7. The van der Waals surface area contributed by atoms with Gasteiger partial charge in [-0.1, -0.05) is 17.3 Å². The number of hydrogen-bond acceptors (Lipinski definition) is 6. The highest BCUT2D eigenvalue weighted by Crippen LogP contribution is 2.22. The first kappa shape index (κ1) is 15.2. The molecule has 0 amide bonds. The van der Waals surface area contributed by atoms with E-state index in [2.05, 4.69) is 25.2 Å². The van der Waals surface area contributed by atoms with Crippen molar-refractivity contribution in [2.75, 3.05) is 0 Å². The SMILES string of the molecule is FC(F)Oc1ccc(-c2nnc(Cn3nnc4ccccc43)o2)cc1. The maximum absolute atomic E-state index is 12.2. The number of rotatable bonds is 5. The average Bonchev–Trinajstić information content (AvgIpc) is 3.23. The lowest BCUT2D eigenvalue weighted by Crippen LogP contribution is -2.02. The number of nitrogens with zero attached hydrogens (tertiary/aromatic N) is 5. The van der Waals surface area contributed by atoms with Crippen molar-refractivity contribution < 1.29 is 17.9 Å². The lowest BCUT2D eigenvalue weighted by atomic mass is 10.2. The third-order valence-electron chi connectivity index (χ3n) is 3.50. The van der Waals surface area contributed by atoms with Crippen molar-refractivity contribution in [1.82, 2.24) is 25.2 Å². The molecule has 0 saturated heterocycles. The molecule has 2 aromatic carbocycles. The van der Waals surface area contributed by atoms with E-state index in [1.165, 1.54) is 12.1 Å². The first-order chi connectivity index (χ1) is 12.2. The van der Waals surface area contributed by atoms with Crippen LogP contribution in [-0.4, -0.2) is 31.8 Å². The smallest absolute Gasteiger partial charge is 0.387 e. The molecule has 0 fully saturated rings. The first-order valence-electron chi connectivity index (χ1n) is 7.35. The highest BCUT2D eigenvalue weighted by molar-refractivity contribution is 5.73. The van der Waals surface area contributed by atoms with Crippen molar-refractivity contribution in [3.8, 4) is 17.2 Å². The van der Waals surface area contributed by atoms with Gasteiger partial charge in [-0.05, 0) is 36.4 Å². The third kappa shape index (κ3) is 3.16. The molecule has 4 aromatic rings. The molecule has 2 aromatic heterocycles. The predicted octanol–water partition coefficient (Wildman–Crippen LogP) is 3.13. The van der Waals surface area contributed by atoms with Crippen LogP contribution in [0, 0.1) is 0 Å². The summed E-state index contributed by atoms with van der Waals surface area (Å²) in [7, 11) is 0. The maximum Gasteiger partial charge on any atom is 0.387 e. The van der Waals surface area contributed by atoms with Crippen LogP contribution >= 0.6 is 0 Å². The topological polar surface area (TPSA) is 78.9 Å². The second kappa shape index (κ2) is 6.27. The molecule has 0 spiro atoms. The van der Waals surface area contributed by atoms with Crippen molar-refractivity contribution >= 4 is 11.0 Å². The second-order valence-electron chi connectivity index (χ2n) is 5.14. The summed E-state index contributed by atoms with van der Waals surface area (Å²) in [6.07, 6.45) is 0. The highest BCUT2D eigenvalue weighted by Gasteiger charge is 2.12. The van der Waals surface area contributed by atoms with E-state index < -0.39 is 6.61 Å². The summed E-state index contributed by atoms with van der Waals surface area (Å²) < 4.78 is 35.9. The summed E-state index contributed by atoms with van der Waals surface area (Å²) >= 11 is 0. The Morgan fingerprint density at radius 1 is 1.00 bits per heavy atom. The Bertz CT molecular complexity index is 997. The van der Waals surface area contributed by atoms with Crippen LogP contribution in [0.3, 0.4) is 0 Å². The van der Waals surface area contributed by atoms with Crippen molar-refractivity contribution in [1.29, 1.82) is 0 Å². The molecule has 7 nitrogen and oxygen atoms in total. The van der Waals surface area contributed by atoms with Crippen LogP contribution in [0.2, 0.25) is 0 Å². The minimum atomic E-state index is -2.86. The van der Waals surface area contributed by atoms with E-state index in [4.69, 9.17) is 4.42 Å². The third-order valence-corrected chi connectivity index (χ3v) is 3.50. The van der Waals surface area contributed by atoms with E-state index in [-0.39, 0.29) is 18.2 Å². The molecule has 0 aliphatic carbocycles. The van der Waals surface area contributed by atoms with Crippen molar-refractivity contribution in [3.05, 3.63) is 54.4 Å². The summed E-state index contributed by atoms with van der Waals surface area (Å²) in [5.74, 6) is 0.703. The van der Waals surface area contributed by atoms with Crippen molar-refractivity contribution in [3.63, 3.8) is 0 Å². The van der Waals surface area contributed by atoms with Gasteiger partial charge < -0.3 is 9.15 Å². The summed E-state index contributed by atoms with van der Waals surface area (Å²) in [6, 6.07) is 13.5. The fourth-order valence-corrected chi connectivity index (χ4v) is 2.38. The summed E-state index contributed by atoms with van der Waals surface area (Å²) in [5.41, 5.74) is 2.23. The maximum atomic E-state index is 12.2. The quantitative estimate of drug-likeness (QED) is 0.554. The number of fused-ring (bicyclic) bond motifs is 1. The van der Waals surface area contributed by atoms with Crippen LogP contribution in [0.1, 0.15) is 5.89 Å². The standard InChI is InChI=1S/C16H11F2N5O2/c17-16(18)24-11-7-5-10(6-8-11)15-21-20-14(25-15)9-23-13-4-2-1-3-12(13)19-22-23/h1-8,16H,9H2. The zero-order chi connectivity index (χ0) is 17.2. The molecular formula is C16H11F2N5O2. The zero-order valence-electron chi connectivity index (χ0n) is 12.7. The monoisotopic (exact) mass is 343 g/mol. The molecule has 0 bridgehead atoms. The van der Waals surface area contributed by atoms with Crippen LogP contribution in [0.5, 0.6) is 5.75 Å². The number of benzene rings is 2. The van der Waals surface area contributed by atoms with E-state index in [1.807, 2.05) is 24.3 Å². The number of ether oxygens (including phenoxy) is 1. The van der Waals surface area contributed by atoms with Crippen LogP contribution in [0.15, 0.2) is 52.9 Å². The predicted molar refractivity (Wildman–Crippen MR) is 83.0 cm³/mol. The normalized spacial score (nSPS) is 11.3. The second-order valence-corrected chi connectivity index (χ2v) is 5.14. The summed E-state index contributed by atoms with van der Waals surface area (Å²) in [5, 5.41) is 16.1. The van der Waals surface area contributed by atoms with Gasteiger partial charge in [-0.2, -0.15) is 8.78 Å². The minimum absolute atomic E-state index is 0.0626. The van der Waals surface area contributed by atoms with Crippen LogP contribution in [0.25, 0.3) is 22.5 Å². The number of hydrogen-bond donors (Lipinski definition) is 0. The molecule has 0 aliphatic rings. The van der Waals surface area contributed by atoms with Gasteiger partial charge in [-0.25, -0.2) is 4.68 Å². The average molecular weight is 343 g/mol. The summed E-state index contributed by atoms with van der Waals surface area (Å²) in [6.45, 7) is -2.58. The fraction of sp³-hybridized carbons (Fsp3) is 0.125. The largest absolute Gasteiger partial charge is 0.435 e. The molecule has 4 rings (SSSR count). The molecule has 25 heavy (non-hydrogen) atoms. The van der Waals surface area contributed by atoms with E-state index in [1.54, 1.807) is 16.8 Å². The Morgan fingerprint density at radius 3 is 2.60 bits per heavy atom. The van der Waals surface area contributed by atoms with E-state index in [9.17, 15) is 8.78 Å². The number of alkyl halides is 2. The van der Waals surface area contributed by atoms with Gasteiger partial charge in [-0.15, -0.1) is 15.3 Å². The highest BCUT2D eigenvalue weighted by atomic mass is 19.3. The lowest BCUT2D eigenvalue weighted by Gasteiger charge is -2.03. The number of para-hydroxylation sites is 1. The van der Waals surface area contributed by atoms with Gasteiger partial charge in [0.2, 0.25) is 11.8 Å². The Labute approximate surface area is 139 Å². The van der Waals surface area contributed by atoms with E-state index in [0.717, 1.165) is 11.0 Å². The molecule has 0 saturated carbocycles. The van der Waals surface area contributed by atoms with Gasteiger partial charge in [0.25, 0.3) is 0 Å². The first-order valence-corrected chi connectivity index (χ1v) is 7.35. The molecule has 0 N–H and O–H groups in total. The van der Waals surface area contributed by atoms with Gasteiger partial charge in [-0.3, -0.25) is 0 Å². The number of aromatic nitrogens is 5. The molecule has 2 heterocycles. The fourth-order valence-electron chi connectivity index (χ4n) is 2.38. The van der Waals surface area contributed by atoms with Crippen molar-refractivity contribution in [2.24, 2.45) is 0 Å². The van der Waals surface area contributed by atoms with Crippen LogP contribution < -0.4 is 4.74 Å². The molecule has 0 radical (unpaired) electrons. The van der Waals surface area contributed by atoms with Gasteiger partial charge in [0.1, 0.15) is 17.8 Å². The Kier molecular flexibility index (Phi) is 3.81. The van der Waals surface area contributed by atoms with Gasteiger partial charge in [0, 0.05) is 5.56 Å². The minimum Gasteiger partial charge on any atom is -0.435 e. The Morgan fingerprint density at radius 2 is 1.80 bits per heavy atom.